The maximum Gasteiger partial charge on any atom is 0.164 e. The molecule has 2 aliphatic carbocycles. The van der Waals surface area contributed by atoms with Gasteiger partial charge < -0.3 is 8.83 Å². The Labute approximate surface area is 309 Å². The van der Waals surface area contributed by atoms with Crippen molar-refractivity contribution in [2.75, 3.05) is 0 Å². The second kappa shape index (κ2) is 11.2. The quantitative estimate of drug-likeness (QED) is 0.184. The Hall–Kier alpha value is -7.11. The van der Waals surface area contributed by atoms with Gasteiger partial charge in [-0.05, 0) is 87.3 Å². The molecule has 2 aliphatic rings. The third kappa shape index (κ3) is 4.30. The number of rotatable bonds is 4. The normalized spacial score (nSPS) is 13.4. The van der Waals surface area contributed by atoms with Crippen molar-refractivity contribution in [1.82, 2.24) is 15.0 Å². The highest BCUT2D eigenvalue weighted by atomic mass is 16.3. The van der Waals surface area contributed by atoms with E-state index in [1.165, 1.54) is 38.6 Å². The fourth-order valence-electron chi connectivity index (χ4n) is 8.75. The lowest BCUT2D eigenvalue weighted by Crippen LogP contribution is -2.03. The van der Waals surface area contributed by atoms with Crippen molar-refractivity contribution >= 4 is 66.3 Å². The van der Waals surface area contributed by atoms with Crippen LogP contribution >= 0.6 is 0 Å². The van der Waals surface area contributed by atoms with Gasteiger partial charge in [-0.3, -0.25) is 0 Å². The van der Waals surface area contributed by atoms with Crippen LogP contribution in [0.15, 0.2) is 154 Å². The van der Waals surface area contributed by atoms with E-state index in [0.29, 0.717) is 17.5 Å². The summed E-state index contributed by atoms with van der Waals surface area (Å²) < 4.78 is 12.8. The molecule has 0 atom stereocenters. The summed E-state index contributed by atoms with van der Waals surface area (Å²) in [5.74, 6) is 1.77. The summed E-state index contributed by atoms with van der Waals surface area (Å²) in [6.45, 7) is 0. The van der Waals surface area contributed by atoms with Crippen LogP contribution in [0.1, 0.15) is 23.1 Å². The maximum atomic E-state index is 6.54. The molecule has 12 rings (SSSR count). The van der Waals surface area contributed by atoms with Crippen molar-refractivity contribution in [1.29, 1.82) is 0 Å². The largest absolute Gasteiger partial charge is 0.456 e. The molecular weight excluding hydrogens is 663 g/mol. The Balaban J connectivity index is 1.09. The number of hydrogen-bond acceptors (Lipinski definition) is 5. The minimum absolute atomic E-state index is 0.582. The SMILES string of the molecule is C1=Cc2ccc3c(-c4ccc5oc6cccc(-c7nc(-c8ccccc8)nc(-c8cccc9oc%10ccccc%10c89)n7)c6c5c4)ccc4c3c2C(=CC4)C1. The summed E-state index contributed by atoms with van der Waals surface area (Å²) in [6.07, 6.45) is 8.91. The Morgan fingerprint density at radius 3 is 1.96 bits per heavy atom. The van der Waals surface area contributed by atoms with Gasteiger partial charge in [0.05, 0.1) is 0 Å². The average Bonchev–Trinajstić information content (AvgIpc) is 3.81. The highest BCUT2D eigenvalue weighted by Gasteiger charge is 2.23. The van der Waals surface area contributed by atoms with E-state index in [2.05, 4.69) is 78.9 Å². The highest BCUT2D eigenvalue weighted by molar-refractivity contribution is 6.15. The van der Waals surface area contributed by atoms with Gasteiger partial charge in [0, 0.05) is 38.2 Å². The Morgan fingerprint density at radius 2 is 1.15 bits per heavy atom. The number of hydrogen-bond donors (Lipinski definition) is 0. The Kier molecular flexibility index (Phi) is 6.11. The first-order chi connectivity index (χ1) is 26.7. The summed E-state index contributed by atoms with van der Waals surface area (Å²) >= 11 is 0. The Bertz CT molecular complexity index is 3270. The summed E-state index contributed by atoms with van der Waals surface area (Å²) in [5, 5.41) is 6.69. The summed E-state index contributed by atoms with van der Waals surface area (Å²) in [4.78, 5) is 15.5. The van der Waals surface area contributed by atoms with Crippen LogP contribution in [0.4, 0.5) is 0 Å². The van der Waals surface area contributed by atoms with Gasteiger partial charge in [-0.15, -0.1) is 0 Å². The molecule has 7 aromatic carbocycles. The molecule has 0 aliphatic heterocycles. The predicted octanol–water partition coefficient (Wildman–Crippen LogP) is 12.8. The molecule has 0 fully saturated rings. The molecule has 5 nitrogen and oxygen atoms in total. The van der Waals surface area contributed by atoms with E-state index < -0.39 is 0 Å². The van der Waals surface area contributed by atoms with E-state index in [4.69, 9.17) is 23.8 Å². The molecule has 54 heavy (non-hydrogen) atoms. The van der Waals surface area contributed by atoms with Gasteiger partial charge in [-0.25, -0.2) is 15.0 Å². The molecular formula is C49H29N3O2. The van der Waals surface area contributed by atoms with E-state index in [1.807, 2.05) is 72.8 Å². The lowest BCUT2D eigenvalue weighted by atomic mass is 9.80. The van der Waals surface area contributed by atoms with Crippen molar-refractivity contribution in [3.05, 3.63) is 162 Å². The van der Waals surface area contributed by atoms with Crippen LogP contribution in [0.5, 0.6) is 0 Å². The van der Waals surface area contributed by atoms with Crippen LogP contribution < -0.4 is 0 Å². The van der Waals surface area contributed by atoms with Crippen LogP contribution in [0.3, 0.4) is 0 Å². The molecule has 0 radical (unpaired) electrons. The minimum Gasteiger partial charge on any atom is -0.456 e. The lowest BCUT2D eigenvalue weighted by Gasteiger charge is -2.24. The minimum atomic E-state index is 0.582. The number of aromatic nitrogens is 3. The van der Waals surface area contributed by atoms with E-state index in [-0.39, 0.29) is 0 Å². The molecule has 5 heteroatoms. The predicted molar refractivity (Wildman–Crippen MR) is 219 cm³/mol. The zero-order valence-electron chi connectivity index (χ0n) is 29.0. The van der Waals surface area contributed by atoms with E-state index in [9.17, 15) is 0 Å². The number of para-hydroxylation sites is 1. The van der Waals surface area contributed by atoms with Crippen LogP contribution in [0, 0.1) is 0 Å². The second-order valence-corrected chi connectivity index (χ2v) is 14.2. The monoisotopic (exact) mass is 691 g/mol. The fourth-order valence-corrected chi connectivity index (χ4v) is 8.75. The van der Waals surface area contributed by atoms with Gasteiger partial charge in [0.15, 0.2) is 17.5 Å². The van der Waals surface area contributed by atoms with Crippen LogP contribution in [0.25, 0.3) is 112 Å². The van der Waals surface area contributed by atoms with Crippen molar-refractivity contribution in [3.63, 3.8) is 0 Å². The number of fused-ring (bicyclic) bond motifs is 6. The van der Waals surface area contributed by atoms with Gasteiger partial charge in [-0.2, -0.15) is 0 Å². The first-order valence-corrected chi connectivity index (χ1v) is 18.4. The van der Waals surface area contributed by atoms with Crippen molar-refractivity contribution in [2.45, 2.75) is 12.8 Å². The third-order valence-electron chi connectivity index (χ3n) is 11.2. The number of benzene rings is 7. The molecule has 10 aromatic rings. The van der Waals surface area contributed by atoms with Crippen molar-refractivity contribution in [3.8, 4) is 45.3 Å². The van der Waals surface area contributed by atoms with Crippen molar-refractivity contribution < 1.29 is 8.83 Å². The highest BCUT2D eigenvalue weighted by Crippen LogP contribution is 2.45. The molecule has 3 aromatic heterocycles. The second-order valence-electron chi connectivity index (χ2n) is 14.2. The first-order valence-electron chi connectivity index (χ1n) is 18.4. The van der Waals surface area contributed by atoms with E-state index in [1.54, 1.807) is 0 Å². The molecule has 0 saturated heterocycles. The fraction of sp³-hybridized carbons (Fsp3) is 0.0408. The van der Waals surface area contributed by atoms with Crippen molar-refractivity contribution in [2.24, 2.45) is 0 Å². The van der Waals surface area contributed by atoms with Crippen LogP contribution in [0.2, 0.25) is 0 Å². The first kappa shape index (κ1) is 29.5. The van der Waals surface area contributed by atoms with E-state index >= 15 is 0 Å². The standard InChI is InChI=1S/C49H29N3O2/c1-2-9-31(10-3-1)47-50-48(36-14-7-17-41-45(36)35-13-4-5-16-39(35)53-41)52-49(51-47)37-15-8-18-42-46(37)38-27-32(23-26-40(38)54-42)33-24-21-30-20-19-28-11-6-12-29-22-25-34(33)44(30)43(28)29/h1-10,12-19,21-27H,11,20H2. The number of furan rings is 2. The third-order valence-corrected chi connectivity index (χ3v) is 11.2. The molecule has 0 unspecified atom stereocenters. The molecule has 0 amide bonds. The van der Waals surface area contributed by atoms with Gasteiger partial charge in [0.1, 0.15) is 22.3 Å². The van der Waals surface area contributed by atoms with Gasteiger partial charge in [0.25, 0.3) is 0 Å². The van der Waals surface area contributed by atoms with Gasteiger partial charge >= 0.3 is 0 Å². The Morgan fingerprint density at radius 1 is 0.444 bits per heavy atom. The van der Waals surface area contributed by atoms with Gasteiger partial charge in [-0.1, -0.05) is 121 Å². The zero-order chi connectivity index (χ0) is 35.3. The summed E-state index contributed by atoms with van der Waals surface area (Å²) in [5.41, 5.74) is 13.8. The molecule has 0 N–H and O–H groups in total. The number of allylic oxidation sites excluding steroid dienone is 3. The van der Waals surface area contributed by atoms with Crippen LogP contribution in [-0.2, 0) is 6.42 Å². The molecule has 252 valence electrons. The average molecular weight is 692 g/mol. The summed E-state index contributed by atoms with van der Waals surface area (Å²) in [7, 11) is 0. The zero-order valence-corrected chi connectivity index (χ0v) is 29.0. The molecule has 0 bridgehead atoms. The maximum absolute atomic E-state index is 6.54. The number of nitrogens with zero attached hydrogens (tertiary/aromatic N) is 3. The molecule has 0 spiro atoms. The molecule has 0 saturated carbocycles. The molecule has 3 heterocycles. The van der Waals surface area contributed by atoms with E-state index in [0.717, 1.165) is 79.0 Å². The topological polar surface area (TPSA) is 65.0 Å². The summed E-state index contributed by atoms with van der Waals surface area (Å²) in [6, 6.07) is 46.2. The van der Waals surface area contributed by atoms with Crippen LogP contribution in [-0.4, -0.2) is 15.0 Å². The lowest BCUT2D eigenvalue weighted by molar-refractivity contribution is 0.668. The smallest absolute Gasteiger partial charge is 0.164 e. The van der Waals surface area contributed by atoms with Gasteiger partial charge in [0.2, 0.25) is 0 Å².